The summed E-state index contributed by atoms with van der Waals surface area (Å²) in [5.41, 5.74) is 12.6. The van der Waals surface area contributed by atoms with E-state index >= 15 is 0 Å². The Hall–Kier alpha value is -4.51. The minimum atomic E-state index is -1.23. The zero-order chi connectivity index (χ0) is 27.8. The standard InChI is InChI=1S/C22H22N10O5S2/c1-30-21(23)27-16(28-30)10-4-3-5-31(6-10)7-11-8-38-19-14(18(34)32(19)15(11)20(35)36)26-17(33)13(29-37-2)12-9-39-22(24)25-12/h3-6,9,14,19H,7-8H2,1-2H3,(H5-,23,24,25,26,27,28,33,35,36)/p+1/b29-13+/t14-,19-/m1/s1. The minimum absolute atomic E-state index is 0.106. The van der Waals surface area contributed by atoms with E-state index in [9.17, 15) is 19.5 Å². The number of hydrogen-bond acceptors (Lipinski definition) is 12. The molecular formula is C22H23N10O5S2+. The van der Waals surface area contributed by atoms with Crippen LogP contribution in [0.15, 0.2) is 46.3 Å². The number of thioether (sulfide) groups is 1. The summed E-state index contributed by atoms with van der Waals surface area (Å²) in [5, 5.41) is 21.8. The summed E-state index contributed by atoms with van der Waals surface area (Å²) in [6, 6.07) is 2.65. The lowest BCUT2D eigenvalue weighted by Crippen LogP contribution is -2.71. The van der Waals surface area contributed by atoms with Crippen molar-refractivity contribution in [2.75, 3.05) is 24.3 Å². The lowest BCUT2D eigenvalue weighted by atomic mass is 10.0. The Balaban J connectivity index is 1.35. The number of carboxylic acid groups (broad SMARTS) is 1. The molecule has 17 heteroatoms. The molecule has 1 fully saturated rings. The second kappa shape index (κ2) is 10.3. The normalized spacial score (nSPS) is 19.0. The van der Waals surface area contributed by atoms with Crippen molar-refractivity contribution in [3.8, 4) is 11.4 Å². The zero-order valence-electron chi connectivity index (χ0n) is 20.6. The van der Waals surface area contributed by atoms with Gasteiger partial charge in [-0.15, -0.1) is 28.2 Å². The highest BCUT2D eigenvalue weighted by atomic mass is 32.2. The van der Waals surface area contributed by atoms with Crippen LogP contribution in [0.3, 0.4) is 0 Å². The molecule has 15 nitrogen and oxygen atoms in total. The molecule has 0 bridgehead atoms. The summed E-state index contributed by atoms with van der Waals surface area (Å²) in [4.78, 5) is 52.5. The van der Waals surface area contributed by atoms with Crippen LogP contribution in [0.4, 0.5) is 11.1 Å². The predicted molar refractivity (Wildman–Crippen MR) is 141 cm³/mol. The molecule has 1 saturated heterocycles. The number of aromatic nitrogens is 5. The van der Waals surface area contributed by atoms with Crippen LogP contribution < -0.4 is 21.4 Å². The van der Waals surface area contributed by atoms with Gasteiger partial charge in [-0.25, -0.2) is 19.0 Å². The Morgan fingerprint density at radius 3 is 2.79 bits per heavy atom. The third-order valence-electron chi connectivity index (χ3n) is 5.99. The average molecular weight is 572 g/mol. The van der Waals surface area contributed by atoms with E-state index in [1.165, 1.54) is 28.5 Å². The number of nitrogens with two attached hydrogens (primary N) is 2. The van der Waals surface area contributed by atoms with E-state index in [-0.39, 0.29) is 34.7 Å². The fourth-order valence-electron chi connectivity index (χ4n) is 4.20. The number of hydrogen-bond donors (Lipinski definition) is 4. The fourth-order valence-corrected chi connectivity index (χ4v) is 6.08. The number of aliphatic carboxylic acids is 1. The number of pyridine rings is 1. The number of carbonyl (C=O) groups is 3. The Morgan fingerprint density at radius 1 is 1.36 bits per heavy atom. The second-order valence-electron chi connectivity index (χ2n) is 8.49. The summed E-state index contributed by atoms with van der Waals surface area (Å²) in [6.07, 6.45) is 3.56. The molecule has 3 aromatic heterocycles. The number of nitrogens with one attached hydrogen (secondary N) is 1. The number of carbonyl (C=O) groups excluding carboxylic acids is 2. The maximum Gasteiger partial charge on any atom is 0.352 e. The summed E-state index contributed by atoms with van der Waals surface area (Å²) in [5.74, 6) is -1.44. The molecule has 0 aliphatic carbocycles. The second-order valence-corrected chi connectivity index (χ2v) is 10.5. The summed E-state index contributed by atoms with van der Waals surface area (Å²) >= 11 is 2.48. The third-order valence-corrected chi connectivity index (χ3v) is 8.00. The molecule has 2 amide bonds. The Morgan fingerprint density at radius 2 is 2.15 bits per heavy atom. The van der Waals surface area contributed by atoms with Gasteiger partial charge in [0.05, 0.1) is 5.56 Å². The number of nitrogens with zero attached hydrogens (tertiary/aromatic N) is 7. The molecule has 0 radical (unpaired) electrons. The van der Waals surface area contributed by atoms with Gasteiger partial charge in [-0.05, 0) is 6.07 Å². The highest BCUT2D eigenvalue weighted by molar-refractivity contribution is 8.00. The van der Waals surface area contributed by atoms with Gasteiger partial charge >= 0.3 is 5.97 Å². The van der Waals surface area contributed by atoms with Crippen molar-refractivity contribution in [2.24, 2.45) is 12.2 Å². The van der Waals surface area contributed by atoms with Gasteiger partial charge in [0.1, 0.15) is 29.9 Å². The Kier molecular flexibility index (Phi) is 6.92. The van der Waals surface area contributed by atoms with Crippen molar-refractivity contribution in [3.05, 3.63) is 46.9 Å². The molecule has 2 aliphatic heterocycles. The first-order valence-electron chi connectivity index (χ1n) is 11.4. The number of β-lactam (4-membered cyclic amide) rings is 1. The molecule has 3 aromatic rings. The highest BCUT2D eigenvalue weighted by Crippen LogP contribution is 2.40. The van der Waals surface area contributed by atoms with Crippen molar-refractivity contribution in [1.29, 1.82) is 0 Å². The number of aryl methyl sites for hydroxylation is 1. The number of rotatable bonds is 8. The van der Waals surface area contributed by atoms with E-state index in [0.29, 0.717) is 22.7 Å². The molecule has 2 atom stereocenters. The van der Waals surface area contributed by atoms with Gasteiger partial charge in [0.25, 0.3) is 11.8 Å². The van der Waals surface area contributed by atoms with Gasteiger partial charge in [0, 0.05) is 29.8 Å². The fraction of sp³-hybridized carbons (Fsp3) is 0.273. The summed E-state index contributed by atoms with van der Waals surface area (Å²) in [7, 11) is 2.96. The number of nitrogen functional groups attached to an aromatic ring is 2. The first-order chi connectivity index (χ1) is 18.7. The molecule has 202 valence electrons. The largest absolute Gasteiger partial charge is 0.477 e. The van der Waals surface area contributed by atoms with Crippen molar-refractivity contribution >= 4 is 57.7 Å². The van der Waals surface area contributed by atoms with Gasteiger partial charge in [-0.3, -0.25) is 14.5 Å². The first kappa shape index (κ1) is 26.1. The maximum absolute atomic E-state index is 13.1. The Labute approximate surface area is 229 Å². The van der Waals surface area contributed by atoms with Crippen LogP contribution in [0.2, 0.25) is 0 Å². The number of thiazole rings is 1. The van der Waals surface area contributed by atoms with Gasteiger partial charge < -0.3 is 26.7 Å². The SMILES string of the molecule is CO/N=C(/C(=O)N[C@@H]1C(=O)N2C(C(=O)O)=C(C[n+]3cccc(-c4nc(N)n(C)n4)c3)CS[C@H]12)c1csc(N)n1. The van der Waals surface area contributed by atoms with Crippen molar-refractivity contribution in [1.82, 2.24) is 30.0 Å². The number of anilines is 2. The van der Waals surface area contributed by atoms with Crippen molar-refractivity contribution in [3.63, 3.8) is 0 Å². The van der Waals surface area contributed by atoms with E-state index in [1.54, 1.807) is 35.5 Å². The average Bonchev–Trinajstić information content (AvgIpc) is 3.49. The molecule has 0 saturated carbocycles. The molecule has 5 rings (SSSR count). The number of fused-ring (bicyclic) bond motifs is 1. The number of oxime groups is 1. The zero-order valence-corrected chi connectivity index (χ0v) is 22.3. The quantitative estimate of drug-likeness (QED) is 0.114. The number of amides is 2. The maximum atomic E-state index is 13.1. The van der Waals surface area contributed by atoms with E-state index < -0.39 is 29.2 Å². The predicted octanol–water partition coefficient (Wildman–Crippen LogP) is -0.820. The summed E-state index contributed by atoms with van der Waals surface area (Å²) < 4.78 is 3.24. The van der Waals surface area contributed by atoms with Crippen LogP contribution in [0.1, 0.15) is 5.69 Å². The minimum Gasteiger partial charge on any atom is -0.477 e. The van der Waals surface area contributed by atoms with Gasteiger partial charge in [-0.2, -0.15) is 4.98 Å². The van der Waals surface area contributed by atoms with Crippen LogP contribution in [0, 0.1) is 0 Å². The highest BCUT2D eigenvalue weighted by Gasteiger charge is 2.54. The lowest BCUT2D eigenvalue weighted by Gasteiger charge is -2.49. The monoisotopic (exact) mass is 571 g/mol. The molecule has 0 aromatic carbocycles. The van der Waals surface area contributed by atoms with E-state index in [0.717, 1.165) is 11.3 Å². The molecular weight excluding hydrogens is 548 g/mol. The first-order valence-corrected chi connectivity index (χ1v) is 13.3. The van der Waals surface area contributed by atoms with E-state index in [4.69, 9.17) is 16.3 Å². The third kappa shape index (κ3) is 4.88. The molecule has 5 heterocycles. The van der Waals surface area contributed by atoms with Crippen LogP contribution in [-0.4, -0.2) is 77.5 Å². The van der Waals surface area contributed by atoms with Crippen LogP contribution >= 0.6 is 23.1 Å². The van der Waals surface area contributed by atoms with E-state index in [1.807, 2.05) is 6.07 Å². The topological polar surface area (TPSA) is 208 Å². The van der Waals surface area contributed by atoms with Gasteiger partial charge in [-0.1, -0.05) is 5.16 Å². The summed E-state index contributed by atoms with van der Waals surface area (Å²) in [6.45, 7) is 0.216. The molecule has 0 spiro atoms. The van der Waals surface area contributed by atoms with Crippen molar-refractivity contribution in [2.45, 2.75) is 18.0 Å². The molecule has 0 unspecified atom stereocenters. The van der Waals surface area contributed by atoms with Gasteiger partial charge in [0.15, 0.2) is 35.6 Å². The Bertz CT molecular complexity index is 1530. The van der Waals surface area contributed by atoms with E-state index in [2.05, 4.69) is 25.5 Å². The van der Waals surface area contributed by atoms with Crippen molar-refractivity contribution < 1.29 is 28.9 Å². The van der Waals surface area contributed by atoms with Crippen LogP contribution in [0.25, 0.3) is 11.4 Å². The molecule has 2 aliphatic rings. The van der Waals surface area contributed by atoms with Crippen LogP contribution in [-0.2, 0) is 32.8 Å². The number of carboxylic acids is 1. The molecule has 39 heavy (non-hydrogen) atoms. The van der Waals surface area contributed by atoms with Crippen LogP contribution in [0.5, 0.6) is 0 Å². The van der Waals surface area contributed by atoms with Gasteiger partial charge in [0.2, 0.25) is 5.95 Å². The molecule has 6 N–H and O–H groups in total. The smallest absolute Gasteiger partial charge is 0.352 e. The lowest BCUT2D eigenvalue weighted by molar-refractivity contribution is -0.688.